The van der Waals surface area contributed by atoms with E-state index in [4.69, 9.17) is 4.74 Å². The molecule has 1 heterocycles. The number of hydrogen-bond acceptors (Lipinski definition) is 5. The molecule has 2 N–H and O–H groups in total. The van der Waals surface area contributed by atoms with Crippen LogP contribution in [-0.2, 0) is 23.2 Å². The number of amides is 1. The van der Waals surface area contributed by atoms with E-state index in [1.165, 1.54) is 12.1 Å². The van der Waals surface area contributed by atoms with E-state index in [9.17, 15) is 13.2 Å². The summed E-state index contributed by atoms with van der Waals surface area (Å²) < 4.78 is 33.1. The Hall–Kier alpha value is -4.17. The van der Waals surface area contributed by atoms with Gasteiger partial charge in [0.15, 0.2) is 0 Å². The van der Waals surface area contributed by atoms with E-state index in [2.05, 4.69) is 15.0 Å². The maximum absolute atomic E-state index is 12.5. The molecule has 0 unspecified atom stereocenters. The molecule has 8 heteroatoms. The number of pyridine rings is 1. The Balaban J connectivity index is 1.32. The van der Waals surface area contributed by atoms with Crippen LogP contribution in [0.1, 0.15) is 21.5 Å². The van der Waals surface area contributed by atoms with Gasteiger partial charge >= 0.3 is 0 Å². The number of hydrogen-bond donors (Lipinski definition) is 2. The smallest absolute Gasteiger partial charge is 0.261 e. The molecule has 0 aliphatic heterocycles. The fourth-order valence-corrected chi connectivity index (χ4v) is 4.24. The van der Waals surface area contributed by atoms with Crippen LogP contribution in [0, 0.1) is 0 Å². The summed E-state index contributed by atoms with van der Waals surface area (Å²) in [5.41, 5.74) is 2.67. The highest BCUT2D eigenvalue weighted by atomic mass is 32.2. The lowest BCUT2D eigenvalue weighted by Gasteiger charge is -2.10. The van der Waals surface area contributed by atoms with Crippen LogP contribution in [0.15, 0.2) is 108 Å². The second kappa shape index (κ2) is 10.6. The Kier molecular flexibility index (Phi) is 7.19. The minimum atomic E-state index is -3.69. The topological polar surface area (TPSA) is 97.4 Å². The monoisotopic (exact) mass is 473 g/mol. The average Bonchev–Trinajstić information content (AvgIpc) is 2.88. The number of carbonyl (C=O) groups excluding carboxylic acids is 1. The minimum Gasteiger partial charge on any atom is -0.473 e. The van der Waals surface area contributed by atoms with Crippen LogP contribution in [-0.4, -0.2) is 19.3 Å². The number of nitrogens with one attached hydrogen (secondary N) is 2. The van der Waals surface area contributed by atoms with Crippen LogP contribution in [0.25, 0.3) is 0 Å². The summed E-state index contributed by atoms with van der Waals surface area (Å²) in [5.74, 6) is 0.201. The second-order valence-corrected chi connectivity index (χ2v) is 9.14. The van der Waals surface area contributed by atoms with Crippen molar-refractivity contribution in [1.82, 2.24) is 10.3 Å². The van der Waals surface area contributed by atoms with E-state index in [0.717, 1.165) is 11.1 Å². The van der Waals surface area contributed by atoms with Crippen LogP contribution in [0.2, 0.25) is 0 Å². The molecule has 0 spiro atoms. The number of aromatic nitrogens is 1. The molecule has 4 aromatic rings. The van der Waals surface area contributed by atoms with Gasteiger partial charge in [-0.3, -0.25) is 9.52 Å². The van der Waals surface area contributed by atoms with E-state index in [0.29, 0.717) is 30.3 Å². The predicted octanol–water partition coefficient (Wildman–Crippen LogP) is 4.39. The first-order chi connectivity index (χ1) is 16.5. The Bertz CT molecular complexity index is 1340. The molecule has 0 radical (unpaired) electrons. The largest absolute Gasteiger partial charge is 0.473 e. The molecule has 0 saturated heterocycles. The van der Waals surface area contributed by atoms with E-state index < -0.39 is 10.0 Å². The SMILES string of the molecule is O=C(NCc1ccnc(OCc2ccccc2)c1)c1ccc(NS(=O)(=O)c2ccccc2)cc1. The molecule has 0 aliphatic rings. The van der Waals surface area contributed by atoms with Crippen molar-refractivity contribution in [2.75, 3.05) is 4.72 Å². The lowest BCUT2D eigenvalue weighted by Crippen LogP contribution is -2.22. The van der Waals surface area contributed by atoms with Crippen molar-refractivity contribution in [1.29, 1.82) is 0 Å². The molecule has 7 nitrogen and oxygen atoms in total. The van der Waals surface area contributed by atoms with Crippen molar-refractivity contribution < 1.29 is 17.9 Å². The number of ether oxygens (including phenoxy) is 1. The standard InChI is InChI=1S/C26H23N3O4S/c30-26(22-11-13-23(14-12-22)29-34(31,32)24-9-5-2-6-10-24)28-18-21-15-16-27-25(17-21)33-19-20-7-3-1-4-8-20/h1-17,29H,18-19H2,(H,28,30). The molecule has 0 saturated carbocycles. The van der Waals surface area contributed by atoms with E-state index in [-0.39, 0.29) is 10.8 Å². The van der Waals surface area contributed by atoms with Gasteiger partial charge in [-0.25, -0.2) is 13.4 Å². The second-order valence-electron chi connectivity index (χ2n) is 7.46. The van der Waals surface area contributed by atoms with E-state index >= 15 is 0 Å². The number of benzene rings is 3. The van der Waals surface area contributed by atoms with E-state index in [1.54, 1.807) is 60.8 Å². The summed E-state index contributed by atoms with van der Waals surface area (Å²) in [4.78, 5) is 16.9. The van der Waals surface area contributed by atoms with Gasteiger partial charge in [-0.05, 0) is 53.6 Å². The molecule has 3 aromatic carbocycles. The van der Waals surface area contributed by atoms with Gasteiger partial charge in [0.05, 0.1) is 4.90 Å². The average molecular weight is 474 g/mol. The third-order valence-corrected chi connectivity index (χ3v) is 6.33. The summed E-state index contributed by atoms with van der Waals surface area (Å²) in [6, 6.07) is 27.7. The van der Waals surface area contributed by atoms with E-state index in [1.807, 2.05) is 30.3 Å². The maximum atomic E-state index is 12.5. The van der Waals surface area contributed by atoms with Crippen molar-refractivity contribution in [3.8, 4) is 5.88 Å². The molecule has 0 atom stereocenters. The van der Waals surface area contributed by atoms with Crippen LogP contribution in [0.3, 0.4) is 0 Å². The highest BCUT2D eigenvalue weighted by Crippen LogP contribution is 2.17. The Morgan fingerprint density at radius 2 is 1.50 bits per heavy atom. The van der Waals surface area contributed by atoms with Crippen LogP contribution in [0.5, 0.6) is 5.88 Å². The van der Waals surface area contributed by atoms with Crippen LogP contribution < -0.4 is 14.8 Å². The summed E-state index contributed by atoms with van der Waals surface area (Å²) in [7, 11) is -3.69. The molecule has 0 fully saturated rings. The fraction of sp³-hybridized carbons (Fsp3) is 0.0769. The van der Waals surface area contributed by atoms with Crippen molar-refractivity contribution >= 4 is 21.6 Å². The van der Waals surface area contributed by atoms with Crippen molar-refractivity contribution in [2.45, 2.75) is 18.0 Å². The molecule has 1 aromatic heterocycles. The zero-order valence-electron chi connectivity index (χ0n) is 18.2. The molecule has 0 aliphatic carbocycles. The van der Waals surface area contributed by atoms with Crippen LogP contribution >= 0.6 is 0 Å². The van der Waals surface area contributed by atoms with Gasteiger partial charge in [0.25, 0.3) is 15.9 Å². The quantitative estimate of drug-likeness (QED) is 0.376. The predicted molar refractivity (Wildman–Crippen MR) is 130 cm³/mol. The molecule has 34 heavy (non-hydrogen) atoms. The van der Waals surface area contributed by atoms with Gasteiger partial charge < -0.3 is 10.1 Å². The Morgan fingerprint density at radius 1 is 0.824 bits per heavy atom. The zero-order valence-corrected chi connectivity index (χ0v) is 19.0. The van der Waals surface area contributed by atoms with Gasteiger partial charge in [-0.2, -0.15) is 0 Å². The van der Waals surface area contributed by atoms with Crippen molar-refractivity contribution in [3.05, 3.63) is 120 Å². The first-order valence-corrected chi connectivity index (χ1v) is 12.1. The Labute approximate surface area is 198 Å². The van der Waals surface area contributed by atoms with Crippen LogP contribution in [0.4, 0.5) is 5.69 Å². The molecule has 172 valence electrons. The summed E-state index contributed by atoms with van der Waals surface area (Å²) in [6.45, 7) is 0.704. The number of anilines is 1. The number of rotatable bonds is 9. The zero-order chi connectivity index (χ0) is 23.8. The highest BCUT2D eigenvalue weighted by molar-refractivity contribution is 7.92. The van der Waals surface area contributed by atoms with Gasteiger partial charge in [-0.1, -0.05) is 48.5 Å². The molecular weight excluding hydrogens is 450 g/mol. The van der Waals surface area contributed by atoms with Crippen molar-refractivity contribution in [3.63, 3.8) is 0 Å². The van der Waals surface area contributed by atoms with Crippen molar-refractivity contribution in [2.24, 2.45) is 0 Å². The summed E-state index contributed by atoms with van der Waals surface area (Å²) in [6.07, 6.45) is 1.63. The highest BCUT2D eigenvalue weighted by Gasteiger charge is 2.14. The molecule has 0 bridgehead atoms. The third-order valence-electron chi connectivity index (χ3n) is 4.93. The van der Waals surface area contributed by atoms with Gasteiger partial charge in [-0.15, -0.1) is 0 Å². The molecule has 4 rings (SSSR count). The summed E-state index contributed by atoms with van der Waals surface area (Å²) in [5, 5.41) is 2.85. The molecular formula is C26H23N3O4S. The van der Waals surface area contributed by atoms with Gasteiger partial charge in [0, 0.05) is 30.1 Å². The number of nitrogens with zero attached hydrogens (tertiary/aromatic N) is 1. The number of carbonyl (C=O) groups is 1. The first kappa shape index (κ1) is 23.0. The number of sulfonamides is 1. The summed E-state index contributed by atoms with van der Waals surface area (Å²) >= 11 is 0. The Morgan fingerprint density at radius 3 is 2.21 bits per heavy atom. The lowest BCUT2D eigenvalue weighted by molar-refractivity contribution is 0.0951. The van der Waals surface area contributed by atoms with Gasteiger partial charge in [0.2, 0.25) is 5.88 Å². The lowest BCUT2D eigenvalue weighted by atomic mass is 10.2. The fourth-order valence-electron chi connectivity index (χ4n) is 3.16. The first-order valence-electron chi connectivity index (χ1n) is 10.6. The normalized spacial score (nSPS) is 10.9. The molecule has 1 amide bonds. The maximum Gasteiger partial charge on any atom is 0.261 e. The van der Waals surface area contributed by atoms with Gasteiger partial charge in [0.1, 0.15) is 6.61 Å². The third kappa shape index (κ3) is 6.20. The minimum absolute atomic E-state index is 0.168.